The highest BCUT2D eigenvalue weighted by atomic mass is 16.4. The van der Waals surface area contributed by atoms with Crippen molar-refractivity contribution in [1.82, 2.24) is 10.2 Å². The van der Waals surface area contributed by atoms with Gasteiger partial charge in [-0.05, 0) is 25.9 Å². The first-order chi connectivity index (χ1) is 6.97. The molecule has 0 saturated heterocycles. The molecule has 0 heterocycles. The van der Waals surface area contributed by atoms with Crippen LogP contribution in [0.15, 0.2) is 0 Å². The van der Waals surface area contributed by atoms with Crippen LogP contribution in [0.2, 0.25) is 0 Å². The van der Waals surface area contributed by atoms with E-state index in [4.69, 9.17) is 5.11 Å². The van der Waals surface area contributed by atoms with Crippen molar-refractivity contribution in [2.24, 2.45) is 5.92 Å². The maximum atomic E-state index is 10.9. The van der Waals surface area contributed by atoms with Crippen LogP contribution >= 0.6 is 0 Å². The molecule has 4 nitrogen and oxygen atoms in total. The van der Waals surface area contributed by atoms with Gasteiger partial charge in [-0.1, -0.05) is 20.8 Å². The minimum absolute atomic E-state index is 0.450. The van der Waals surface area contributed by atoms with Gasteiger partial charge in [0, 0.05) is 13.1 Å². The van der Waals surface area contributed by atoms with Crippen LogP contribution in [0.5, 0.6) is 0 Å². The van der Waals surface area contributed by atoms with Crippen LogP contribution in [0.3, 0.4) is 0 Å². The van der Waals surface area contributed by atoms with Crippen molar-refractivity contribution in [3.63, 3.8) is 0 Å². The van der Waals surface area contributed by atoms with Crippen molar-refractivity contribution in [2.45, 2.75) is 33.2 Å². The third-order valence-electron chi connectivity index (χ3n) is 2.11. The zero-order chi connectivity index (χ0) is 11.8. The number of hydrogen-bond acceptors (Lipinski definition) is 3. The van der Waals surface area contributed by atoms with Crippen LogP contribution in [0.4, 0.5) is 0 Å². The summed E-state index contributed by atoms with van der Waals surface area (Å²) >= 11 is 0. The predicted molar refractivity (Wildman–Crippen MR) is 62.1 cm³/mol. The molecule has 0 aromatic rings. The molecular formula is C11H24N2O2. The molecule has 0 amide bonds. The molecule has 0 saturated carbocycles. The molecule has 0 fully saturated rings. The molecule has 0 spiro atoms. The molecule has 90 valence electrons. The van der Waals surface area contributed by atoms with Gasteiger partial charge in [-0.25, -0.2) is 0 Å². The highest BCUT2D eigenvalue weighted by molar-refractivity contribution is 5.73. The largest absolute Gasteiger partial charge is 0.480 e. The highest BCUT2D eigenvalue weighted by Gasteiger charge is 2.18. The number of nitrogens with one attached hydrogen (secondary N) is 1. The SMILES string of the molecule is CCCNC(CN(C)CC(C)C)C(=O)O. The Balaban J connectivity index is 3.98. The van der Waals surface area contributed by atoms with Gasteiger partial charge in [0.2, 0.25) is 0 Å². The zero-order valence-corrected chi connectivity index (χ0v) is 10.3. The Labute approximate surface area is 92.7 Å². The van der Waals surface area contributed by atoms with E-state index in [9.17, 15) is 4.79 Å². The van der Waals surface area contributed by atoms with Crippen molar-refractivity contribution in [1.29, 1.82) is 0 Å². The maximum Gasteiger partial charge on any atom is 0.322 e. The van der Waals surface area contributed by atoms with E-state index in [2.05, 4.69) is 24.1 Å². The van der Waals surface area contributed by atoms with Crippen molar-refractivity contribution in [3.8, 4) is 0 Å². The second-order valence-corrected chi connectivity index (χ2v) is 4.46. The summed E-state index contributed by atoms with van der Waals surface area (Å²) in [5.74, 6) is -0.199. The smallest absolute Gasteiger partial charge is 0.322 e. The Bertz CT molecular complexity index is 183. The van der Waals surface area contributed by atoms with Gasteiger partial charge in [0.25, 0.3) is 0 Å². The lowest BCUT2D eigenvalue weighted by molar-refractivity contribution is -0.139. The number of carbonyl (C=O) groups is 1. The van der Waals surface area contributed by atoms with E-state index in [0.717, 1.165) is 19.5 Å². The molecule has 0 aliphatic carbocycles. The Morgan fingerprint density at radius 3 is 2.40 bits per heavy atom. The van der Waals surface area contributed by atoms with E-state index in [1.807, 2.05) is 14.0 Å². The van der Waals surface area contributed by atoms with Crippen molar-refractivity contribution < 1.29 is 9.90 Å². The molecule has 1 unspecified atom stereocenters. The molecule has 0 aromatic heterocycles. The molecule has 4 heteroatoms. The number of nitrogens with zero attached hydrogens (tertiary/aromatic N) is 1. The lowest BCUT2D eigenvalue weighted by atomic mass is 10.2. The number of likely N-dealkylation sites (N-methyl/N-ethyl adjacent to an activating group) is 1. The number of hydrogen-bond donors (Lipinski definition) is 2. The van der Waals surface area contributed by atoms with Crippen molar-refractivity contribution >= 4 is 5.97 Å². The maximum absolute atomic E-state index is 10.9. The number of carboxylic acid groups (broad SMARTS) is 1. The lowest BCUT2D eigenvalue weighted by Gasteiger charge is -2.23. The summed E-state index contributed by atoms with van der Waals surface area (Å²) in [4.78, 5) is 13.0. The van der Waals surface area contributed by atoms with Crippen LogP contribution in [0.25, 0.3) is 0 Å². The number of carboxylic acids is 1. The molecule has 0 aliphatic rings. The number of aliphatic carboxylic acids is 1. The third kappa shape index (κ3) is 7.33. The Morgan fingerprint density at radius 1 is 1.40 bits per heavy atom. The molecule has 0 bridgehead atoms. The Hall–Kier alpha value is -0.610. The summed E-state index contributed by atoms with van der Waals surface area (Å²) in [6.45, 7) is 8.54. The molecule has 0 aliphatic heterocycles. The van der Waals surface area contributed by atoms with Crippen LogP contribution in [0.1, 0.15) is 27.2 Å². The topological polar surface area (TPSA) is 52.6 Å². The normalized spacial score (nSPS) is 13.5. The molecule has 2 N–H and O–H groups in total. The predicted octanol–water partition coefficient (Wildman–Crippen LogP) is 1.03. The third-order valence-corrected chi connectivity index (χ3v) is 2.11. The van der Waals surface area contributed by atoms with Crippen LogP contribution in [0, 0.1) is 5.92 Å². The highest BCUT2D eigenvalue weighted by Crippen LogP contribution is 1.97. The number of rotatable bonds is 8. The van der Waals surface area contributed by atoms with Crippen LogP contribution in [-0.4, -0.2) is 48.7 Å². The lowest BCUT2D eigenvalue weighted by Crippen LogP contribution is -2.46. The fraction of sp³-hybridized carbons (Fsp3) is 0.909. The Kier molecular flexibility index (Phi) is 7.34. The van der Waals surface area contributed by atoms with Gasteiger partial charge in [-0.15, -0.1) is 0 Å². The standard InChI is InChI=1S/C11H24N2O2/c1-5-6-12-10(11(14)15)8-13(4)7-9(2)3/h9-10,12H,5-8H2,1-4H3,(H,14,15). The van der Waals surface area contributed by atoms with E-state index >= 15 is 0 Å². The molecule has 1 atom stereocenters. The van der Waals surface area contributed by atoms with E-state index in [-0.39, 0.29) is 0 Å². The van der Waals surface area contributed by atoms with E-state index in [1.54, 1.807) is 0 Å². The first-order valence-electron chi connectivity index (χ1n) is 5.62. The van der Waals surface area contributed by atoms with Crippen LogP contribution in [-0.2, 0) is 4.79 Å². The van der Waals surface area contributed by atoms with Gasteiger partial charge in [-0.3, -0.25) is 4.79 Å². The van der Waals surface area contributed by atoms with Crippen molar-refractivity contribution in [3.05, 3.63) is 0 Å². The minimum Gasteiger partial charge on any atom is -0.480 e. The average molecular weight is 216 g/mol. The Morgan fingerprint density at radius 2 is 2.00 bits per heavy atom. The van der Waals surface area contributed by atoms with Gasteiger partial charge in [-0.2, -0.15) is 0 Å². The fourth-order valence-corrected chi connectivity index (χ4v) is 1.56. The van der Waals surface area contributed by atoms with E-state index in [1.165, 1.54) is 0 Å². The summed E-state index contributed by atoms with van der Waals surface area (Å²) in [6.07, 6.45) is 0.956. The fourth-order valence-electron chi connectivity index (χ4n) is 1.56. The summed E-state index contributed by atoms with van der Waals surface area (Å²) in [5, 5.41) is 12.0. The van der Waals surface area contributed by atoms with Crippen LogP contribution < -0.4 is 5.32 Å². The second kappa shape index (κ2) is 7.65. The molecule has 0 aromatic carbocycles. The summed E-state index contributed by atoms with van der Waals surface area (Å²) in [5.41, 5.74) is 0. The van der Waals surface area contributed by atoms with E-state index in [0.29, 0.717) is 12.5 Å². The first-order valence-corrected chi connectivity index (χ1v) is 5.62. The van der Waals surface area contributed by atoms with E-state index < -0.39 is 12.0 Å². The molecule has 0 radical (unpaired) electrons. The van der Waals surface area contributed by atoms with Gasteiger partial charge in [0.05, 0.1) is 0 Å². The van der Waals surface area contributed by atoms with Gasteiger partial charge in [0.15, 0.2) is 0 Å². The molecule has 15 heavy (non-hydrogen) atoms. The van der Waals surface area contributed by atoms with Crippen molar-refractivity contribution in [2.75, 3.05) is 26.7 Å². The summed E-state index contributed by atoms with van der Waals surface area (Å²) in [7, 11) is 1.96. The zero-order valence-electron chi connectivity index (χ0n) is 10.3. The first kappa shape index (κ1) is 14.4. The summed E-state index contributed by atoms with van der Waals surface area (Å²) < 4.78 is 0. The average Bonchev–Trinajstić information content (AvgIpc) is 2.10. The quantitative estimate of drug-likeness (QED) is 0.636. The van der Waals surface area contributed by atoms with Gasteiger partial charge < -0.3 is 15.3 Å². The molecular weight excluding hydrogens is 192 g/mol. The summed E-state index contributed by atoms with van der Waals surface area (Å²) in [6, 6.07) is -0.450. The molecule has 0 rings (SSSR count). The van der Waals surface area contributed by atoms with Gasteiger partial charge >= 0.3 is 5.97 Å². The monoisotopic (exact) mass is 216 g/mol. The minimum atomic E-state index is -0.765. The van der Waals surface area contributed by atoms with Gasteiger partial charge in [0.1, 0.15) is 6.04 Å². The second-order valence-electron chi connectivity index (χ2n) is 4.46.